The molecule has 3 N–H and O–H groups in total. The van der Waals surface area contributed by atoms with Crippen LogP contribution in [0.1, 0.15) is 11.1 Å². The third kappa shape index (κ3) is 8.56. The van der Waals surface area contributed by atoms with E-state index >= 15 is 0 Å². The van der Waals surface area contributed by atoms with Crippen LogP contribution in [0, 0.1) is 5.82 Å². The molecular weight excluding hydrogens is 475 g/mol. The minimum absolute atomic E-state index is 0.104. The van der Waals surface area contributed by atoms with Crippen LogP contribution in [-0.2, 0) is 20.8 Å². The highest BCUT2D eigenvalue weighted by atomic mass is 35.5. The van der Waals surface area contributed by atoms with Gasteiger partial charge in [0.05, 0.1) is 11.2 Å². The second-order valence-corrected chi connectivity index (χ2v) is 7.64. The number of hydrogen-bond acceptors (Lipinski definition) is 5. The number of benzene rings is 3. The number of hydrogen-bond donors (Lipinski definition) is 3. The summed E-state index contributed by atoms with van der Waals surface area (Å²) in [5.74, 6) is -2.34. The lowest BCUT2D eigenvalue weighted by Gasteiger charge is -2.08. The average Bonchev–Trinajstić information content (AvgIpc) is 2.86. The molecule has 8 nitrogen and oxygen atoms in total. The maximum Gasteiger partial charge on any atom is 0.329 e. The molecule has 0 saturated carbocycles. The number of carbonyl (C=O) groups is 3. The van der Waals surface area contributed by atoms with Gasteiger partial charge in [-0.3, -0.25) is 14.4 Å². The molecule has 0 aliphatic rings. The number of hydrazone groups is 1. The van der Waals surface area contributed by atoms with Crippen LogP contribution in [0.5, 0.6) is 5.75 Å². The Hall–Kier alpha value is -4.24. The predicted octanol–water partition coefficient (Wildman–Crippen LogP) is 3.31. The lowest BCUT2D eigenvalue weighted by Crippen LogP contribution is -2.38. The van der Waals surface area contributed by atoms with E-state index in [2.05, 4.69) is 21.2 Å². The van der Waals surface area contributed by atoms with Crippen molar-refractivity contribution in [1.29, 1.82) is 0 Å². The van der Waals surface area contributed by atoms with Gasteiger partial charge in [-0.15, -0.1) is 0 Å². The van der Waals surface area contributed by atoms with Crippen LogP contribution in [0.15, 0.2) is 77.9 Å². The summed E-state index contributed by atoms with van der Waals surface area (Å²) >= 11 is 5.69. The summed E-state index contributed by atoms with van der Waals surface area (Å²) in [4.78, 5) is 35.8. The first-order chi connectivity index (χ1) is 16.9. The van der Waals surface area contributed by atoms with E-state index in [1.165, 1.54) is 18.3 Å². The van der Waals surface area contributed by atoms with E-state index in [0.29, 0.717) is 30.0 Å². The third-order valence-corrected chi connectivity index (χ3v) is 4.85. The molecule has 0 aliphatic heterocycles. The first-order valence-electron chi connectivity index (χ1n) is 10.5. The highest BCUT2D eigenvalue weighted by Crippen LogP contribution is 2.19. The zero-order valence-electron chi connectivity index (χ0n) is 18.5. The summed E-state index contributed by atoms with van der Waals surface area (Å²) in [7, 11) is 0. The molecule has 0 unspecified atom stereocenters. The number of halogens is 2. The smallest absolute Gasteiger partial charge is 0.329 e. The Labute approximate surface area is 206 Å². The molecule has 10 heteroatoms. The van der Waals surface area contributed by atoms with Crippen molar-refractivity contribution in [1.82, 2.24) is 10.7 Å². The largest absolute Gasteiger partial charge is 0.484 e. The van der Waals surface area contributed by atoms with E-state index in [9.17, 15) is 18.8 Å². The highest BCUT2D eigenvalue weighted by Gasteiger charge is 2.11. The van der Waals surface area contributed by atoms with Gasteiger partial charge >= 0.3 is 11.8 Å². The number of amides is 3. The van der Waals surface area contributed by atoms with E-state index in [1.807, 2.05) is 30.3 Å². The molecule has 180 valence electrons. The van der Waals surface area contributed by atoms with Gasteiger partial charge in [0.2, 0.25) is 0 Å². The van der Waals surface area contributed by atoms with Crippen LogP contribution < -0.4 is 20.8 Å². The van der Waals surface area contributed by atoms with Crippen LogP contribution >= 0.6 is 11.6 Å². The van der Waals surface area contributed by atoms with Crippen molar-refractivity contribution in [2.45, 2.75) is 6.42 Å². The van der Waals surface area contributed by atoms with Crippen molar-refractivity contribution < 1.29 is 23.5 Å². The van der Waals surface area contributed by atoms with Crippen molar-refractivity contribution >= 4 is 41.2 Å². The second kappa shape index (κ2) is 12.9. The van der Waals surface area contributed by atoms with Crippen molar-refractivity contribution in [2.75, 3.05) is 18.5 Å². The normalized spacial score (nSPS) is 10.6. The van der Waals surface area contributed by atoms with Crippen LogP contribution in [0.25, 0.3) is 0 Å². The number of carbonyl (C=O) groups excluding carboxylic acids is 3. The van der Waals surface area contributed by atoms with Gasteiger partial charge in [-0.2, -0.15) is 5.10 Å². The van der Waals surface area contributed by atoms with Gasteiger partial charge in [0.25, 0.3) is 5.91 Å². The predicted molar refractivity (Wildman–Crippen MR) is 131 cm³/mol. The van der Waals surface area contributed by atoms with Crippen LogP contribution in [0.3, 0.4) is 0 Å². The van der Waals surface area contributed by atoms with E-state index < -0.39 is 23.5 Å². The molecule has 3 aromatic rings. The van der Waals surface area contributed by atoms with Crippen molar-refractivity contribution in [2.24, 2.45) is 5.10 Å². The second-order valence-electron chi connectivity index (χ2n) is 7.23. The summed E-state index contributed by atoms with van der Waals surface area (Å²) in [6, 6.07) is 20.0. The van der Waals surface area contributed by atoms with E-state index in [-0.39, 0.29) is 11.6 Å². The van der Waals surface area contributed by atoms with Gasteiger partial charge in [-0.05, 0) is 47.9 Å². The molecule has 3 amide bonds. The Bertz CT molecular complexity index is 1220. The monoisotopic (exact) mass is 496 g/mol. The highest BCUT2D eigenvalue weighted by molar-refractivity contribution is 6.35. The zero-order valence-corrected chi connectivity index (χ0v) is 19.2. The van der Waals surface area contributed by atoms with Crippen LogP contribution in [0.2, 0.25) is 5.02 Å². The molecule has 0 fully saturated rings. The third-order valence-electron chi connectivity index (χ3n) is 4.56. The maximum atomic E-state index is 13.2. The SMILES string of the molecule is O=C(COc1cccc(/C=N\NC(=O)C(=O)NCCc2ccccc2)c1)Nc1ccc(F)c(Cl)c1. The fourth-order valence-electron chi connectivity index (χ4n) is 2.87. The molecule has 0 radical (unpaired) electrons. The Morgan fingerprint density at radius 1 is 0.971 bits per heavy atom. The Balaban J connectivity index is 1.41. The minimum Gasteiger partial charge on any atom is -0.484 e. The molecule has 0 aromatic heterocycles. The van der Waals surface area contributed by atoms with E-state index in [1.54, 1.807) is 24.3 Å². The Morgan fingerprint density at radius 3 is 2.54 bits per heavy atom. The molecule has 0 spiro atoms. The fourth-order valence-corrected chi connectivity index (χ4v) is 3.05. The van der Waals surface area contributed by atoms with E-state index in [4.69, 9.17) is 16.3 Å². The summed E-state index contributed by atoms with van der Waals surface area (Å²) in [5, 5.41) is 8.75. The molecule has 0 saturated heterocycles. The number of ether oxygens (including phenoxy) is 1. The van der Waals surface area contributed by atoms with Gasteiger partial charge in [-0.25, -0.2) is 9.82 Å². The Morgan fingerprint density at radius 2 is 1.77 bits per heavy atom. The summed E-state index contributed by atoms with van der Waals surface area (Å²) < 4.78 is 18.6. The summed E-state index contributed by atoms with van der Waals surface area (Å²) in [6.07, 6.45) is 1.94. The molecule has 3 rings (SSSR count). The van der Waals surface area contributed by atoms with Gasteiger partial charge < -0.3 is 15.4 Å². The summed E-state index contributed by atoms with van der Waals surface area (Å²) in [5.41, 5.74) is 4.11. The first kappa shape index (κ1) is 25.4. The van der Waals surface area contributed by atoms with Crippen LogP contribution in [0.4, 0.5) is 10.1 Å². The van der Waals surface area contributed by atoms with Gasteiger partial charge in [0.1, 0.15) is 11.6 Å². The van der Waals surface area contributed by atoms with Gasteiger partial charge in [0, 0.05) is 12.2 Å². The average molecular weight is 497 g/mol. The minimum atomic E-state index is -0.890. The van der Waals surface area contributed by atoms with Gasteiger partial charge in [-0.1, -0.05) is 54.1 Å². The van der Waals surface area contributed by atoms with Gasteiger partial charge in [0.15, 0.2) is 6.61 Å². The fraction of sp³-hybridized carbons (Fsp3) is 0.120. The standard InChI is InChI=1S/C25H22ClFN4O4/c26-21-14-19(9-10-22(21)27)30-23(32)16-35-20-8-4-7-18(13-20)15-29-31-25(34)24(33)28-12-11-17-5-2-1-3-6-17/h1-10,13-15H,11-12,16H2,(H,28,33)(H,30,32)(H,31,34)/b29-15-. The molecule has 35 heavy (non-hydrogen) atoms. The number of nitrogens with one attached hydrogen (secondary N) is 3. The lowest BCUT2D eigenvalue weighted by molar-refractivity contribution is -0.139. The topological polar surface area (TPSA) is 109 Å². The van der Waals surface area contributed by atoms with Crippen LogP contribution in [-0.4, -0.2) is 37.1 Å². The van der Waals surface area contributed by atoms with Crippen molar-refractivity contribution in [3.05, 3.63) is 94.8 Å². The molecular formula is C25H22ClFN4O4. The maximum absolute atomic E-state index is 13.2. The lowest BCUT2D eigenvalue weighted by atomic mass is 10.1. The van der Waals surface area contributed by atoms with Crippen molar-refractivity contribution in [3.8, 4) is 5.75 Å². The van der Waals surface area contributed by atoms with Crippen molar-refractivity contribution in [3.63, 3.8) is 0 Å². The molecule has 3 aromatic carbocycles. The summed E-state index contributed by atoms with van der Waals surface area (Å²) in [6.45, 7) is 0.0244. The number of anilines is 1. The molecule has 0 aliphatic carbocycles. The molecule has 0 atom stereocenters. The van der Waals surface area contributed by atoms with E-state index in [0.717, 1.165) is 11.6 Å². The zero-order chi connectivity index (χ0) is 25.0. The first-order valence-corrected chi connectivity index (χ1v) is 10.9. The quantitative estimate of drug-likeness (QED) is 0.240. The Kier molecular flexibility index (Phi) is 9.32. The molecule has 0 bridgehead atoms. The molecule has 0 heterocycles. The number of rotatable bonds is 9. The number of nitrogens with zero attached hydrogens (tertiary/aromatic N) is 1.